The van der Waals surface area contributed by atoms with E-state index in [1.54, 1.807) is 4.68 Å². The molecule has 6 heteroatoms. The third-order valence-electron chi connectivity index (χ3n) is 5.89. The number of aryl methyl sites for hydroxylation is 2. The van der Waals surface area contributed by atoms with E-state index in [4.69, 9.17) is 5.10 Å². The van der Waals surface area contributed by atoms with Gasteiger partial charge in [0, 0.05) is 18.7 Å². The van der Waals surface area contributed by atoms with Crippen LogP contribution in [0, 0.1) is 6.92 Å². The smallest absolute Gasteiger partial charge is 0.270 e. The predicted molar refractivity (Wildman–Crippen MR) is 124 cm³/mol. The molecule has 2 heterocycles. The van der Waals surface area contributed by atoms with Gasteiger partial charge in [-0.25, -0.2) is 9.36 Å². The summed E-state index contributed by atoms with van der Waals surface area (Å²) >= 11 is 0. The van der Waals surface area contributed by atoms with Gasteiger partial charge in [-0.1, -0.05) is 36.4 Å². The van der Waals surface area contributed by atoms with Gasteiger partial charge in [0.1, 0.15) is 5.69 Å². The average Bonchev–Trinajstić information content (AvgIpc) is 3.48. The summed E-state index contributed by atoms with van der Waals surface area (Å²) in [4.78, 5) is 13.0. The van der Waals surface area contributed by atoms with E-state index in [0.717, 1.165) is 48.4 Å². The molecule has 0 atom stereocenters. The Kier molecular flexibility index (Phi) is 5.58. The van der Waals surface area contributed by atoms with Crippen LogP contribution in [0.4, 0.5) is 0 Å². The van der Waals surface area contributed by atoms with Crippen LogP contribution in [-0.2, 0) is 6.42 Å². The number of carbonyl (C=O) groups excluding carboxylic acids is 1. The van der Waals surface area contributed by atoms with Gasteiger partial charge in [-0.2, -0.15) is 10.2 Å². The molecule has 1 amide bonds. The summed E-state index contributed by atoms with van der Waals surface area (Å²) in [7, 11) is 0. The molecule has 2 aromatic heterocycles. The maximum Gasteiger partial charge on any atom is 0.270 e. The first kappa shape index (κ1) is 20.2. The second kappa shape index (κ2) is 8.83. The van der Waals surface area contributed by atoms with Gasteiger partial charge in [-0.05, 0) is 68.5 Å². The number of hydrogen-bond donors (Lipinski definition) is 1. The van der Waals surface area contributed by atoms with Crippen molar-refractivity contribution in [3.05, 3.63) is 95.6 Å². The van der Waals surface area contributed by atoms with Crippen LogP contribution >= 0.6 is 0 Å². The highest BCUT2D eigenvalue weighted by molar-refractivity contribution is 5.93. The Morgan fingerprint density at radius 3 is 2.38 bits per heavy atom. The van der Waals surface area contributed by atoms with Crippen LogP contribution in [0.3, 0.4) is 0 Å². The molecule has 0 spiro atoms. The van der Waals surface area contributed by atoms with Crippen LogP contribution in [0.2, 0.25) is 0 Å². The first-order valence-corrected chi connectivity index (χ1v) is 11.2. The van der Waals surface area contributed by atoms with Crippen LogP contribution in [0.25, 0.3) is 11.4 Å². The molecule has 0 aliphatic heterocycles. The van der Waals surface area contributed by atoms with E-state index in [-0.39, 0.29) is 5.91 Å². The van der Waals surface area contributed by atoms with Gasteiger partial charge in [0.15, 0.2) is 0 Å². The molecule has 0 bridgehead atoms. The Balaban J connectivity index is 1.22. The van der Waals surface area contributed by atoms with Crippen molar-refractivity contribution in [3.63, 3.8) is 0 Å². The zero-order valence-corrected chi connectivity index (χ0v) is 18.2. The van der Waals surface area contributed by atoms with Crippen molar-refractivity contribution >= 4 is 5.91 Å². The van der Waals surface area contributed by atoms with E-state index < -0.39 is 0 Å². The molecule has 0 radical (unpaired) electrons. The zero-order chi connectivity index (χ0) is 21.9. The lowest BCUT2D eigenvalue weighted by Crippen LogP contribution is -2.27. The summed E-state index contributed by atoms with van der Waals surface area (Å²) in [5.74, 6) is 0.417. The van der Waals surface area contributed by atoms with Crippen LogP contribution in [0.1, 0.15) is 52.6 Å². The molecular formula is C26H27N5O. The molecule has 5 rings (SSSR count). The minimum atomic E-state index is -0.0787. The van der Waals surface area contributed by atoms with E-state index in [2.05, 4.69) is 16.6 Å². The Morgan fingerprint density at radius 1 is 1.00 bits per heavy atom. The SMILES string of the molecule is Cc1nn(-c2ccccc2)cc1CCCNC(=O)c1cc(C2CC2)nn1-c1ccccc1. The minimum absolute atomic E-state index is 0.0787. The first-order valence-electron chi connectivity index (χ1n) is 11.2. The number of aromatic nitrogens is 4. The number of hydrogen-bond acceptors (Lipinski definition) is 3. The fourth-order valence-electron chi connectivity index (χ4n) is 3.93. The number of para-hydroxylation sites is 2. The second-order valence-electron chi connectivity index (χ2n) is 8.36. The quantitative estimate of drug-likeness (QED) is 0.420. The van der Waals surface area contributed by atoms with Crippen molar-refractivity contribution in [1.82, 2.24) is 24.9 Å². The molecule has 1 aliphatic rings. The van der Waals surface area contributed by atoms with Crippen molar-refractivity contribution in [2.45, 2.75) is 38.5 Å². The average molecular weight is 426 g/mol. The van der Waals surface area contributed by atoms with Crippen LogP contribution in [0.15, 0.2) is 72.9 Å². The summed E-state index contributed by atoms with van der Waals surface area (Å²) in [5.41, 5.74) is 5.81. The van der Waals surface area contributed by atoms with Crippen molar-refractivity contribution in [2.24, 2.45) is 0 Å². The number of benzene rings is 2. The molecule has 4 aromatic rings. The van der Waals surface area contributed by atoms with Gasteiger partial charge in [0.2, 0.25) is 0 Å². The lowest BCUT2D eigenvalue weighted by atomic mass is 10.1. The Bertz CT molecular complexity index is 1210. The number of nitrogens with one attached hydrogen (secondary N) is 1. The van der Waals surface area contributed by atoms with E-state index in [0.29, 0.717) is 18.2 Å². The first-order chi connectivity index (χ1) is 15.7. The van der Waals surface area contributed by atoms with Crippen molar-refractivity contribution in [1.29, 1.82) is 0 Å². The third-order valence-corrected chi connectivity index (χ3v) is 5.89. The van der Waals surface area contributed by atoms with Crippen molar-refractivity contribution in [2.75, 3.05) is 6.54 Å². The molecule has 1 aliphatic carbocycles. The Hall–Kier alpha value is -3.67. The number of carbonyl (C=O) groups is 1. The molecule has 0 unspecified atom stereocenters. The van der Waals surface area contributed by atoms with E-state index in [9.17, 15) is 4.79 Å². The van der Waals surface area contributed by atoms with Crippen molar-refractivity contribution < 1.29 is 4.79 Å². The highest BCUT2D eigenvalue weighted by Crippen LogP contribution is 2.39. The van der Waals surface area contributed by atoms with Crippen LogP contribution in [0.5, 0.6) is 0 Å². The fraction of sp³-hybridized carbons (Fsp3) is 0.269. The fourth-order valence-corrected chi connectivity index (χ4v) is 3.93. The minimum Gasteiger partial charge on any atom is -0.351 e. The largest absolute Gasteiger partial charge is 0.351 e. The summed E-state index contributed by atoms with van der Waals surface area (Å²) < 4.78 is 3.69. The number of rotatable bonds is 8. The molecule has 1 N–H and O–H groups in total. The second-order valence-corrected chi connectivity index (χ2v) is 8.36. The van der Waals surface area contributed by atoms with Gasteiger partial charge in [-0.3, -0.25) is 4.79 Å². The lowest BCUT2D eigenvalue weighted by molar-refractivity contribution is 0.0945. The molecule has 1 fully saturated rings. The molecular weight excluding hydrogens is 398 g/mol. The molecule has 0 saturated heterocycles. The molecule has 162 valence electrons. The standard InChI is InChI=1S/C26H27N5O/c1-19-21(18-30(28-19)22-10-4-2-5-11-22)9-8-16-27-26(32)25-17-24(20-14-15-20)29-31(25)23-12-6-3-7-13-23/h2-7,10-13,17-18,20H,8-9,14-16H2,1H3,(H,27,32). The van der Waals surface area contributed by atoms with E-state index in [1.165, 1.54) is 5.56 Å². The Morgan fingerprint density at radius 2 is 1.69 bits per heavy atom. The highest BCUT2D eigenvalue weighted by atomic mass is 16.2. The number of nitrogens with zero attached hydrogens (tertiary/aromatic N) is 4. The maximum absolute atomic E-state index is 13.0. The van der Waals surface area contributed by atoms with Gasteiger partial charge in [0.25, 0.3) is 5.91 Å². The molecule has 1 saturated carbocycles. The molecule has 2 aromatic carbocycles. The monoisotopic (exact) mass is 425 g/mol. The van der Waals surface area contributed by atoms with Gasteiger partial charge >= 0.3 is 0 Å². The third kappa shape index (κ3) is 4.35. The highest BCUT2D eigenvalue weighted by Gasteiger charge is 2.29. The topological polar surface area (TPSA) is 64.7 Å². The van der Waals surface area contributed by atoms with Gasteiger partial charge in [0.05, 0.1) is 22.8 Å². The normalized spacial score (nSPS) is 13.3. The number of amides is 1. The van der Waals surface area contributed by atoms with Gasteiger partial charge < -0.3 is 5.32 Å². The summed E-state index contributed by atoms with van der Waals surface area (Å²) in [6.07, 6.45) is 6.11. The Labute approximate surface area is 187 Å². The predicted octanol–water partition coefficient (Wildman–Crippen LogP) is 4.61. The van der Waals surface area contributed by atoms with Crippen LogP contribution < -0.4 is 5.32 Å². The maximum atomic E-state index is 13.0. The van der Waals surface area contributed by atoms with E-state index >= 15 is 0 Å². The van der Waals surface area contributed by atoms with Crippen molar-refractivity contribution in [3.8, 4) is 11.4 Å². The summed E-state index contributed by atoms with van der Waals surface area (Å²) in [5, 5.41) is 12.4. The van der Waals surface area contributed by atoms with Crippen LogP contribution in [-0.4, -0.2) is 32.0 Å². The van der Waals surface area contributed by atoms with E-state index in [1.807, 2.05) is 78.3 Å². The molecule has 6 nitrogen and oxygen atoms in total. The summed E-state index contributed by atoms with van der Waals surface area (Å²) in [6.45, 7) is 2.64. The van der Waals surface area contributed by atoms with Gasteiger partial charge in [-0.15, -0.1) is 0 Å². The summed E-state index contributed by atoms with van der Waals surface area (Å²) in [6, 6.07) is 21.9. The zero-order valence-electron chi connectivity index (χ0n) is 18.2. The molecule has 32 heavy (non-hydrogen) atoms. The lowest BCUT2D eigenvalue weighted by Gasteiger charge is -2.08.